The Morgan fingerprint density at radius 3 is 1.39 bits per heavy atom. The highest BCUT2D eigenvalue weighted by molar-refractivity contribution is 7.86. The lowest BCUT2D eigenvalue weighted by Crippen LogP contribution is -2.30. The van der Waals surface area contributed by atoms with Crippen LogP contribution in [0.2, 0.25) is 0 Å². The highest BCUT2D eigenvalue weighted by Gasteiger charge is 2.39. The van der Waals surface area contributed by atoms with Crippen molar-refractivity contribution < 1.29 is 80.5 Å². The summed E-state index contributed by atoms with van der Waals surface area (Å²) in [6.45, 7) is 0. The van der Waals surface area contributed by atoms with Crippen LogP contribution in [0.4, 0.5) is 46.3 Å². The minimum absolute atomic E-state index is 0.00667. The fourth-order valence-corrected chi connectivity index (χ4v) is 20.0. The molecule has 0 aliphatic heterocycles. The largest absolute Gasteiger partial charge is 0.424 e. The molecule has 0 unspecified atom stereocenters. The Morgan fingerprint density at radius 2 is 0.853 bits per heavy atom. The molecule has 0 radical (unpaired) electrons. The van der Waals surface area contributed by atoms with Crippen molar-refractivity contribution in [3.05, 3.63) is 295 Å². The van der Waals surface area contributed by atoms with Gasteiger partial charge in [0.2, 0.25) is 17.8 Å². The standard InChI is InChI=1S/C92H75N13O20S4/c1-104-69-40-38-66(76-78(69)74(62-20-9-11-22-64(62)84(76)108)80(86(104)110)82(106)51-14-5-3-6-15-51)93-56-32-42-71(128(118,119)120)53(45-56)47-73-98-88(101-91(99-73)124-58-17-7-4-8-18-58)94-54-28-24-49(25-29-54)44-50-26-30-55(31-27-50)95-89-100-90(103-92(102-89)125-59-34-36-60(37-35-59)126(112,113)114)96-57-33-43-72(129(121,122)123)68(48-57)97-67-39-41-70-79-75(63-21-10-12-23-65(63)85(109)77(67)79)81(87(111)105(70)2)83(107)52-16-13-19-61(46-52)127(115,116)117/h3-23,32-43,45-46,48-50,54-55,93,97H,24-31,44,47H2,1-2H3,(H,112,113,114)(H,115,116,117)(H,118,119,120)(H,121,122,123)(H,94,98,99,101)(H2,95,96,100,102,103). The molecule has 0 spiro atoms. The number of benzene rings is 10. The van der Waals surface area contributed by atoms with Gasteiger partial charge in [-0.25, -0.2) is 0 Å². The maximum absolute atomic E-state index is 15.0. The van der Waals surface area contributed by atoms with Gasteiger partial charge in [-0.3, -0.25) is 47.0 Å². The number of ketones is 4. The molecule has 14 aromatic rings. The number of nitrogens with one attached hydrogen (secondary N) is 5. The molecule has 2 fully saturated rings. The van der Waals surface area contributed by atoms with Crippen molar-refractivity contribution >= 4 is 132 Å². The normalized spacial score (nSPS) is 16.0. The number of pyridine rings is 2. The highest BCUT2D eigenvalue weighted by atomic mass is 32.2. The van der Waals surface area contributed by atoms with Crippen LogP contribution in [0.5, 0.6) is 23.5 Å². The number of nitrogens with zero attached hydrogens (tertiary/aromatic N) is 8. The fraction of sp³-hybridized carbons (Fsp3) is 0.174. The van der Waals surface area contributed by atoms with Crippen LogP contribution in [-0.4, -0.2) is 126 Å². The Bertz CT molecular complexity index is 7680. The molecule has 4 aliphatic rings. The van der Waals surface area contributed by atoms with Crippen LogP contribution in [0.25, 0.3) is 44.1 Å². The molecule has 10 aromatic carbocycles. The van der Waals surface area contributed by atoms with E-state index in [1.54, 1.807) is 103 Å². The van der Waals surface area contributed by atoms with Crippen molar-refractivity contribution in [2.24, 2.45) is 25.9 Å². The number of aromatic nitrogens is 8. The van der Waals surface area contributed by atoms with Gasteiger partial charge in [0.15, 0.2) is 23.1 Å². The minimum atomic E-state index is -5.08. The summed E-state index contributed by atoms with van der Waals surface area (Å²) in [6, 6.07) is 52.7. The third-order valence-electron chi connectivity index (χ3n) is 23.7. The first-order valence-corrected chi connectivity index (χ1v) is 46.4. The minimum Gasteiger partial charge on any atom is -0.424 e. The van der Waals surface area contributed by atoms with Gasteiger partial charge in [0.1, 0.15) is 22.2 Å². The molecular formula is C92H75N13O20S4. The Kier molecular flexibility index (Phi) is 22.3. The molecule has 9 N–H and O–H groups in total. The first-order chi connectivity index (χ1) is 61.7. The molecule has 33 nitrogen and oxygen atoms in total. The van der Waals surface area contributed by atoms with Gasteiger partial charge in [-0.1, -0.05) is 109 Å². The van der Waals surface area contributed by atoms with E-state index in [4.69, 9.17) is 19.4 Å². The summed E-state index contributed by atoms with van der Waals surface area (Å²) in [5, 5.41) is 16.8. The third-order valence-corrected chi connectivity index (χ3v) is 27.3. The van der Waals surface area contributed by atoms with E-state index in [-0.39, 0.29) is 155 Å². The molecular weight excluding hydrogens is 1740 g/mol. The van der Waals surface area contributed by atoms with Crippen LogP contribution < -0.4 is 47.2 Å². The number of hydrogen-bond donors (Lipinski definition) is 9. The SMILES string of the molecule is Cn1c(=O)c(C(=O)c2ccccc2)c2c3c(c(Nc4ccc(S(=O)(=O)O)c(Cc5nc(NC6CCC(CC7CCC(Nc8nc(Nc9ccc(S(=O)(=O)O)c(Nc%10ccc%11c%12c%10C(=O)c%10ccccc%10-c%12c(C(=O)c%10cccc(S(=O)(=O)O)c%10)c(=O)n%11C)c9)nc(Oc9ccc(S(=O)(=O)O)cc9)n8)CC7)CC6)nc(Oc6ccccc6)n5)c4)ccc31)C(=O)c1ccccc1-2. The summed E-state index contributed by atoms with van der Waals surface area (Å²) >= 11 is 0. The number of fused-ring (bicyclic) bond motifs is 4. The fourth-order valence-electron chi connectivity index (χ4n) is 17.6. The number of hydrogen-bond acceptors (Lipinski definition) is 27. The summed E-state index contributed by atoms with van der Waals surface area (Å²) in [6.07, 6.45) is 6.89. The molecule has 18 rings (SSSR count). The Hall–Kier alpha value is -14.4. The number of anilines is 8. The number of carbonyl (C=O) groups excluding carboxylic acids is 4. The Labute approximate surface area is 735 Å². The van der Waals surface area contributed by atoms with Gasteiger partial charge in [0.05, 0.1) is 65.0 Å². The lowest BCUT2D eigenvalue weighted by molar-refractivity contribution is 0.102. The molecule has 37 heteroatoms. The maximum Gasteiger partial charge on any atom is 0.328 e. The Morgan fingerprint density at radius 1 is 0.395 bits per heavy atom. The summed E-state index contributed by atoms with van der Waals surface area (Å²) in [4.78, 5) is 114. The van der Waals surface area contributed by atoms with Gasteiger partial charge in [-0.15, -0.1) is 0 Å². The van der Waals surface area contributed by atoms with Crippen LogP contribution >= 0.6 is 0 Å². The van der Waals surface area contributed by atoms with Crippen LogP contribution in [0, 0.1) is 11.8 Å². The summed E-state index contributed by atoms with van der Waals surface area (Å²) < 4.78 is 158. The van der Waals surface area contributed by atoms with Crippen LogP contribution in [0.15, 0.2) is 248 Å². The molecule has 0 atom stereocenters. The molecule has 2 saturated carbocycles. The van der Waals surface area contributed by atoms with Gasteiger partial charge in [-0.05, 0) is 196 Å². The maximum atomic E-state index is 15.0. The second-order valence-corrected chi connectivity index (χ2v) is 37.5. The topological polar surface area (TPSA) is 486 Å². The van der Waals surface area contributed by atoms with Gasteiger partial charge >= 0.3 is 12.0 Å². The zero-order chi connectivity index (χ0) is 90.3. The van der Waals surface area contributed by atoms with Crippen molar-refractivity contribution in [2.75, 3.05) is 26.6 Å². The van der Waals surface area contributed by atoms with E-state index in [0.717, 1.165) is 79.8 Å². The first kappa shape index (κ1) is 85.4. The van der Waals surface area contributed by atoms with Gasteiger partial charge in [0.25, 0.3) is 51.6 Å². The van der Waals surface area contributed by atoms with Crippen LogP contribution in [0.1, 0.15) is 133 Å². The second-order valence-electron chi connectivity index (χ2n) is 31.9. The lowest BCUT2D eigenvalue weighted by Gasteiger charge is -2.34. The van der Waals surface area contributed by atoms with Gasteiger partial charge in [0, 0.05) is 88.1 Å². The number of carbonyl (C=O) groups is 4. The number of ether oxygens (including phenoxy) is 2. The van der Waals surface area contributed by atoms with Crippen molar-refractivity contribution in [3.8, 4) is 45.8 Å². The molecule has 652 valence electrons. The predicted molar refractivity (Wildman–Crippen MR) is 477 cm³/mol. The summed E-state index contributed by atoms with van der Waals surface area (Å²) in [5.74, 6) is -1.20. The van der Waals surface area contributed by atoms with Crippen LogP contribution in [0.3, 0.4) is 0 Å². The average molecular weight is 1810 g/mol. The van der Waals surface area contributed by atoms with E-state index in [1.807, 2.05) is 6.07 Å². The first-order valence-electron chi connectivity index (χ1n) is 40.7. The van der Waals surface area contributed by atoms with Crippen molar-refractivity contribution in [1.82, 2.24) is 39.0 Å². The summed E-state index contributed by atoms with van der Waals surface area (Å²) in [5.41, 5.74) is 0.281. The van der Waals surface area contributed by atoms with Gasteiger partial charge in [-0.2, -0.15) is 63.6 Å². The van der Waals surface area contributed by atoms with E-state index in [9.17, 15) is 80.6 Å². The lowest BCUT2D eigenvalue weighted by atomic mass is 9.75. The smallest absolute Gasteiger partial charge is 0.328 e. The molecule has 0 saturated heterocycles. The number of para-hydroxylation sites is 1. The number of rotatable bonds is 26. The third kappa shape index (κ3) is 17.1. The Balaban J connectivity index is 0.571. The molecule has 129 heavy (non-hydrogen) atoms. The van der Waals surface area contributed by atoms with Crippen molar-refractivity contribution in [3.63, 3.8) is 0 Å². The van der Waals surface area contributed by atoms with E-state index >= 15 is 0 Å². The monoisotopic (exact) mass is 1810 g/mol. The predicted octanol–water partition coefficient (Wildman–Crippen LogP) is 15.1. The highest BCUT2D eigenvalue weighted by Crippen LogP contribution is 2.48. The molecule has 4 aromatic heterocycles. The van der Waals surface area contributed by atoms with Crippen LogP contribution in [-0.2, 0) is 61.0 Å². The molecule has 0 bridgehead atoms. The zero-order valence-electron chi connectivity index (χ0n) is 68.2. The molecule has 0 amide bonds. The summed E-state index contributed by atoms with van der Waals surface area (Å²) in [7, 11) is -16.5. The molecule has 4 aliphatic carbocycles. The second kappa shape index (κ2) is 33.7. The zero-order valence-corrected chi connectivity index (χ0v) is 71.5. The van der Waals surface area contributed by atoms with E-state index < -0.39 is 94.1 Å². The van der Waals surface area contributed by atoms with E-state index in [0.29, 0.717) is 58.1 Å². The van der Waals surface area contributed by atoms with Crippen molar-refractivity contribution in [2.45, 2.75) is 95.9 Å². The number of aryl methyl sites for hydroxylation is 2. The molecule has 4 heterocycles. The average Bonchev–Trinajstić information content (AvgIpc) is 0.710. The van der Waals surface area contributed by atoms with Crippen molar-refractivity contribution in [1.29, 1.82) is 0 Å². The quantitative estimate of drug-likeness (QED) is 0.0180. The van der Waals surface area contributed by atoms with E-state index in [1.165, 1.54) is 97.5 Å². The van der Waals surface area contributed by atoms with E-state index in [2.05, 4.69) is 46.5 Å². The van der Waals surface area contributed by atoms with Gasteiger partial charge < -0.3 is 45.2 Å².